The molecule has 14 heavy (non-hydrogen) atoms. The van der Waals surface area contributed by atoms with Crippen LogP contribution in [0.3, 0.4) is 0 Å². The molecule has 1 aromatic rings. The molecule has 0 aliphatic carbocycles. The van der Waals surface area contributed by atoms with E-state index in [2.05, 4.69) is 0 Å². The third-order valence-corrected chi connectivity index (χ3v) is 1.99. The second kappa shape index (κ2) is 5.62. The third kappa shape index (κ3) is 3.36. The van der Waals surface area contributed by atoms with Crippen molar-refractivity contribution in [2.75, 3.05) is 13.2 Å². The van der Waals surface area contributed by atoms with E-state index in [1.807, 2.05) is 31.2 Å². The zero-order valence-corrected chi connectivity index (χ0v) is 8.36. The van der Waals surface area contributed by atoms with Gasteiger partial charge in [0.05, 0.1) is 6.61 Å². The van der Waals surface area contributed by atoms with E-state index >= 15 is 0 Å². The molecule has 2 N–H and O–H groups in total. The summed E-state index contributed by atoms with van der Waals surface area (Å²) in [6, 6.07) is 7.68. The molecule has 1 aromatic carbocycles. The first kappa shape index (κ1) is 11.0. The number of nitrogens with one attached hydrogen (secondary N) is 1. The predicted octanol–water partition coefficient (Wildman–Crippen LogP) is 1.41. The molecule has 0 saturated heterocycles. The van der Waals surface area contributed by atoms with Crippen LogP contribution >= 0.6 is 0 Å². The van der Waals surface area contributed by atoms with Crippen molar-refractivity contribution < 1.29 is 9.84 Å². The fourth-order valence-corrected chi connectivity index (χ4v) is 1.16. The minimum Gasteiger partial charge on any atom is -0.488 e. The van der Waals surface area contributed by atoms with Gasteiger partial charge in [-0.1, -0.05) is 17.7 Å². The fraction of sp³-hybridized carbons (Fsp3) is 0.455. The highest BCUT2D eigenvalue weighted by atomic mass is 16.5. The Bertz CT molecular complexity index is 258. The lowest BCUT2D eigenvalue weighted by Crippen LogP contribution is -2.22. The molecule has 0 saturated carbocycles. The van der Waals surface area contributed by atoms with Gasteiger partial charge in [-0.3, -0.25) is 5.73 Å². The van der Waals surface area contributed by atoms with Gasteiger partial charge in [0.2, 0.25) is 0 Å². The molecule has 77 valence electrons. The molecule has 0 heterocycles. The number of hydrogen-bond donors (Lipinski definition) is 1. The quantitative estimate of drug-likeness (QED) is 0.770. The molecule has 0 fully saturated rings. The summed E-state index contributed by atoms with van der Waals surface area (Å²) in [5, 5.41) is 8.96. The maximum Gasteiger partial charge on any atom is 0.123 e. The normalized spacial score (nSPS) is 12.5. The van der Waals surface area contributed by atoms with E-state index in [1.54, 1.807) is 0 Å². The van der Waals surface area contributed by atoms with E-state index in [0.29, 0.717) is 6.42 Å². The van der Waals surface area contributed by atoms with Crippen molar-refractivity contribution in [2.24, 2.45) is 0 Å². The number of benzene rings is 1. The Morgan fingerprint density at radius 1 is 1.36 bits per heavy atom. The number of aryl methyl sites for hydroxylation is 1. The van der Waals surface area contributed by atoms with E-state index in [-0.39, 0.29) is 19.3 Å². The molecule has 0 aliphatic heterocycles. The molecule has 0 aromatic heterocycles. The first-order valence-electron chi connectivity index (χ1n) is 4.75. The lowest BCUT2D eigenvalue weighted by atomic mass is 10.2. The summed E-state index contributed by atoms with van der Waals surface area (Å²) in [4.78, 5) is 0. The van der Waals surface area contributed by atoms with Crippen LogP contribution in [0.25, 0.3) is 0 Å². The Kier molecular flexibility index (Phi) is 4.43. The summed E-state index contributed by atoms with van der Waals surface area (Å²) in [5.41, 5.74) is 8.22. The molecule has 0 bridgehead atoms. The van der Waals surface area contributed by atoms with Crippen LogP contribution in [0.1, 0.15) is 12.0 Å². The van der Waals surface area contributed by atoms with Crippen LogP contribution in [0.15, 0.2) is 24.3 Å². The Morgan fingerprint density at radius 2 is 2.00 bits per heavy atom. The van der Waals surface area contributed by atoms with Crippen molar-refractivity contribution in [3.63, 3.8) is 0 Å². The lowest BCUT2D eigenvalue weighted by Gasteiger charge is -2.15. The summed E-state index contributed by atoms with van der Waals surface area (Å²) in [6.45, 7) is 2.25. The highest BCUT2D eigenvalue weighted by Crippen LogP contribution is 2.14. The first-order valence-corrected chi connectivity index (χ1v) is 4.75. The van der Waals surface area contributed by atoms with E-state index in [0.717, 1.165) is 5.75 Å². The zero-order valence-electron chi connectivity index (χ0n) is 8.36. The topological polar surface area (TPSA) is 53.3 Å². The van der Waals surface area contributed by atoms with Crippen molar-refractivity contribution in [1.29, 1.82) is 0 Å². The Labute approximate surface area is 84.5 Å². The second-order valence-electron chi connectivity index (χ2n) is 3.27. The maximum absolute atomic E-state index is 8.96. The summed E-state index contributed by atoms with van der Waals surface area (Å²) in [5.74, 6) is 0.753. The lowest BCUT2D eigenvalue weighted by molar-refractivity contribution is 0.110. The molecule has 3 heteroatoms. The van der Waals surface area contributed by atoms with Crippen molar-refractivity contribution in [2.45, 2.75) is 19.4 Å². The Hall–Kier alpha value is -1.06. The van der Waals surface area contributed by atoms with Crippen LogP contribution in [0.2, 0.25) is 0 Å². The molecule has 3 nitrogen and oxygen atoms in total. The van der Waals surface area contributed by atoms with Gasteiger partial charge in [-0.25, -0.2) is 0 Å². The summed E-state index contributed by atoms with van der Waals surface area (Å²) in [6.07, 6.45) is 0.305. The van der Waals surface area contributed by atoms with Crippen LogP contribution in [0.5, 0.6) is 5.75 Å². The zero-order chi connectivity index (χ0) is 10.4. The van der Waals surface area contributed by atoms with Crippen LogP contribution in [-0.4, -0.2) is 24.4 Å². The summed E-state index contributed by atoms with van der Waals surface area (Å²) in [7, 11) is 0. The van der Waals surface area contributed by atoms with Gasteiger partial charge in [0.1, 0.15) is 11.9 Å². The average Bonchev–Trinajstić information content (AvgIpc) is 2.20. The van der Waals surface area contributed by atoms with Gasteiger partial charge in [-0.2, -0.15) is 0 Å². The van der Waals surface area contributed by atoms with Crippen molar-refractivity contribution in [1.82, 2.24) is 5.73 Å². The number of hydrogen-bond acceptors (Lipinski definition) is 2. The number of rotatable bonds is 5. The highest BCUT2D eigenvalue weighted by molar-refractivity contribution is 5.26. The average molecular weight is 194 g/mol. The minimum atomic E-state index is -0.254. The molecule has 1 unspecified atom stereocenters. The smallest absolute Gasteiger partial charge is 0.123 e. The summed E-state index contributed by atoms with van der Waals surface area (Å²) < 4.78 is 5.49. The van der Waals surface area contributed by atoms with Gasteiger partial charge in [-0.15, -0.1) is 0 Å². The predicted molar refractivity (Wildman–Crippen MR) is 55.3 cm³/mol. The molecule has 0 aliphatic rings. The van der Waals surface area contributed by atoms with Crippen molar-refractivity contribution >= 4 is 0 Å². The van der Waals surface area contributed by atoms with Gasteiger partial charge >= 0.3 is 0 Å². The van der Waals surface area contributed by atoms with Gasteiger partial charge in [-0.05, 0) is 19.1 Å². The van der Waals surface area contributed by atoms with Crippen molar-refractivity contribution in [3.05, 3.63) is 29.8 Å². The molecular formula is C11H16NO2. The monoisotopic (exact) mass is 194 g/mol. The second-order valence-corrected chi connectivity index (χ2v) is 3.27. The molecule has 1 atom stereocenters. The van der Waals surface area contributed by atoms with Crippen LogP contribution in [-0.2, 0) is 0 Å². The SMILES string of the molecule is Cc1ccc(OC(CO)CC[NH])cc1. The van der Waals surface area contributed by atoms with E-state index in [9.17, 15) is 0 Å². The maximum atomic E-state index is 8.96. The van der Waals surface area contributed by atoms with Crippen molar-refractivity contribution in [3.8, 4) is 5.75 Å². The van der Waals surface area contributed by atoms with E-state index < -0.39 is 0 Å². The van der Waals surface area contributed by atoms with Crippen LogP contribution in [0.4, 0.5) is 0 Å². The number of aliphatic hydroxyl groups is 1. The largest absolute Gasteiger partial charge is 0.488 e. The first-order chi connectivity index (χ1) is 6.76. The third-order valence-electron chi connectivity index (χ3n) is 1.99. The molecule has 1 radical (unpaired) electrons. The molecule has 0 spiro atoms. The highest BCUT2D eigenvalue weighted by Gasteiger charge is 2.07. The van der Waals surface area contributed by atoms with Crippen LogP contribution in [0, 0.1) is 6.92 Å². The van der Waals surface area contributed by atoms with Crippen LogP contribution < -0.4 is 10.5 Å². The Morgan fingerprint density at radius 3 is 2.50 bits per heavy atom. The Balaban J connectivity index is 2.53. The van der Waals surface area contributed by atoms with E-state index in [4.69, 9.17) is 15.6 Å². The standard InChI is InChI=1S/C11H16NO2/c1-9-2-4-10(5-3-9)14-11(8-13)6-7-12/h2-5,11-13H,6-8H2,1H3. The minimum absolute atomic E-state index is 0.0350. The fourth-order valence-electron chi connectivity index (χ4n) is 1.16. The number of aliphatic hydroxyl groups excluding tert-OH is 1. The summed E-state index contributed by atoms with van der Waals surface area (Å²) >= 11 is 0. The number of ether oxygens (including phenoxy) is 1. The van der Waals surface area contributed by atoms with Gasteiger partial charge in [0.25, 0.3) is 0 Å². The van der Waals surface area contributed by atoms with E-state index in [1.165, 1.54) is 5.56 Å². The molecule has 0 amide bonds. The van der Waals surface area contributed by atoms with Gasteiger partial charge in [0, 0.05) is 13.0 Å². The molecular weight excluding hydrogens is 178 g/mol. The van der Waals surface area contributed by atoms with Gasteiger partial charge < -0.3 is 9.84 Å². The molecule has 1 rings (SSSR count). The van der Waals surface area contributed by atoms with Gasteiger partial charge in [0.15, 0.2) is 0 Å².